The molecule has 2 rings (SSSR count). The predicted molar refractivity (Wildman–Crippen MR) is 82.5 cm³/mol. The lowest BCUT2D eigenvalue weighted by Gasteiger charge is -2.16. The zero-order chi connectivity index (χ0) is 13.3. The van der Waals surface area contributed by atoms with Crippen LogP contribution in [-0.4, -0.2) is 11.5 Å². The zero-order valence-corrected chi connectivity index (χ0v) is 13.0. The fourth-order valence-corrected chi connectivity index (χ4v) is 2.80. The number of benzene rings is 1. The quantitative estimate of drug-likeness (QED) is 0.896. The highest BCUT2D eigenvalue weighted by Crippen LogP contribution is 2.34. The fraction of sp³-hybridized carbons (Fsp3) is 0.400. The number of hydrogen-bond acceptors (Lipinski definition) is 2. The second kappa shape index (κ2) is 5.27. The van der Waals surface area contributed by atoms with Crippen LogP contribution in [0.2, 0.25) is 0 Å². The molecule has 1 heterocycles. The average molecular weight is 307 g/mol. The Hall–Kier alpha value is -1.09. The first-order valence-corrected chi connectivity index (χ1v) is 7.21. The van der Waals surface area contributed by atoms with Gasteiger partial charge in [-0.1, -0.05) is 19.1 Å². The van der Waals surface area contributed by atoms with Crippen molar-refractivity contribution in [1.82, 2.24) is 4.98 Å². The number of pyridine rings is 1. The summed E-state index contributed by atoms with van der Waals surface area (Å²) >= 11 is 3.66. The lowest BCUT2D eigenvalue weighted by molar-refractivity contribution is 1.05. The number of anilines is 1. The van der Waals surface area contributed by atoms with Gasteiger partial charge in [0.1, 0.15) is 0 Å². The monoisotopic (exact) mass is 306 g/mol. The summed E-state index contributed by atoms with van der Waals surface area (Å²) in [5, 5.41) is 4.70. The molecule has 0 atom stereocenters. The van der Waals surface area contributed by atoms with Crippen LogP contribution in [0.25, 0.3) is 10.9 Å². The molecular weight excluding hydrogens is 288 g/mol. The standard InChI is InChI=1S/C15H19BrN2/c1-5-11-10(4)18-15-12(14(11)17-6-2)8-7-9(3)13(15)16/h7-8H,5-6H2,1-4H3,(H,17,18). The molecule has 0 spiro atoms. The van der Waals surface area contributed by atoms with E-state index in [-0.39, 0.29) is 0 Å². The highest BCUT2D eigenvalue weighted by Gasteiger charge is 2.13. The van der Waals surface area contributed by atoms with Crippen molar-refractivity contribution in [1.29, 1.82) is 0 Å². The number of nitrogens with zero attached hydrogens (tertiary/aromatic N) is 1. The maximum Gasteiger partial charge on any atom is 0.0870 e. The molecule has 0 saturated carbocycles. The molecule has 3 heteroatoms. The molecule has 1 aromatic carbocycles. The van der Waals surface area contributed by atoms with Crippen LogP contribution in [0.4, 0.5) is 5.69 Å². The van der Waals surface area contributed by atoms with Gasteiger partial charge in [0.05, 0.1) is 5.52 Å². The van der Waals surface area contributed by atoms with Crippen molar-refractivity contribution in [3.8, 4) is 0 Å². The minimum atomic E-state index is 0.928. The second-order valence-corrected chi connectivity index (χ2v) is 5.32. The van der Waals surface area contributed by atoms with Crippen molar-refractivity contribution in [2.24, 2.45) is 0 Å². The number of rotatable bonds is 3. The first kappa shape index (κ1) is 13.3. The van der Waals surface area contributed by atoms with Crippen molar-refractivity contribution in [2.45, 2.75) is 34.1 Å². The molecule has 0 aliphatic heterocycles. The van der Waals surface area contributed by atoms with Gasteiger partial charge in [0.25, 0.3) is 0 Å². The number of fused-ring (bicyclic) bond motifs is 1. The molecule has 1 aromatic heterocycles. The summed E-state index contributed by atoms with van der Waals surface area (Å²) < 4.78 is 1.10. The molecule has 0 amide bonds. The van der Waals surface area contributed by atoms with Gasteiger partial charge in [-0.05, 0) is 54.2 Å². The molecule has 96 valence electrons. The summed E-state index contributed by atoms with van der Waals surface area (Å²) in [5.41, 5.74) is 5.96. The Bertz CT molecular complexity index is 591. The molecule has 0 unspecified atom stereocenters. The van der Waals surface area contributed by atoms with E-state index in [2.05, 4.69) is 61.1 Å². The third-order valence-electron chi connectivity index (χ3n) is 3.30. The van der Waals surface area contributed by atoms with Crippen LogP contribution in [0.3, 0.4) is 0 Å². The molecule has 0 aliphatic carbocycles. The van der Waals surface area contributed by atoms with E-state index in [0.29, 0.717) is 0 Å². The van der Waals surface area contributed by atoms with E-state index in [9.17, 15) is 0 Å². The molecule has 1 N–H and O–H groups in total. The van der Waals surface area contributed by atoms with Crippen molar-refractivity contribution in [3.63, 3.8) is 0 Å². The summed E-state index contributed by atoms with van der Waals surface area (Å²) in [6.45, 7) is 9.43. The Balaban J connectivity index is 2.86. The smallest absolute Gasteiger partial charge is 0.0870 e. The van der Waals surface area contributed by atoms with Crippen LogP contribution in [0, 0.1) is 13.8 Å². The molecule has 0 aliphatic rings. The highest BCUT2D eigenvalue weighted by atomic mass is 79.9. The van der Waals surface area contributed by atoms with Gasteiger partial charge in [-0.15, -0.1) is 0 Å². The van der Waals surface area contributed by atoms with E-state index in [1.807, 2.05) is 0 Å². The lowest BCUT2D eigenvalue weighted by Crippen LogP contribution is -2.05. The van der Waals surface area contributed by atoms with Crippen LogP contribution in [-0.2, 0) is 6.42 Å². The van der Waals surface area contributed by atoms with Crippen molar-refractivity contribution in [3.05, 3.63) is 33.4 Å². The largest absolute Gasteiger partial charge is 0.384 e. The topological polar surface area (TPSA) is 24.9 Å². The maximum absolute atomic E-state index is 4.76. The molecule has 0 fully saturated rings. The Morgan fingerprint density at radius 1 is 1.22 bits per heavy atom. The van der Waals surface area contributed by atoms with Crippen LogP contribution in [0.5, 0.6) is 0 Å². The predicted octanol–water partition coefficient (Wildman–Crippen LogP) is 4.61. The zero-order valence-electron chi connectivity index (χ0n) is 11.4. The molecular formula is C15H19BrN2. The van der Waals surface area contributed by atoms with Crippen LogP contribution in [0.15, 0.2) is 16.6 Å². The molecule has 0 saturated heterocycles. The summed E-state index contributed by atoms with van der Waals surface area (Å²) in [7, 11) is 0. The summed E-state index contributed by atoms with van der Waals surface area (Å²) in [5.74, 6) is 0. The van der Waals surface area contributed by atoms with Crippen LogP contribution < -0.4 is 5.32 Å². The fourth-order valence-electron chi connectivity index (χ4n) is 2.37. The second-order valence-electron chi connectivity index (χ2n) is 4.53. The first-order chi connectivity index (χ1) is 8.60. The SMILES string of the molecule is CCNc1c(CC)c(C)nc2c(Br)c(C)ccc12. The molecule has 2 nitrogen and oxygen atoms in total. The number of halogens is 1. The minimum Gasteiger partial charge on any atom is -0.384 e. The van der Waals surface area contributed by atoms with Crippen LogP contribution >= 0.6 is 15.9 Å². The van der Waals surface area contributed by atoms with E-state index >= 15 is 0 Å². The third kappa shape index (κ3) is 2.12. The first-order valence-electron chi connectivity index (χ1n) is 6.42. The molecule has 0 radical (unpaired) electrons. The van der Waals surface area contributed by atoms with Gasteiger partial charge in [0, 0.05) is 27.8 Å². The van der Waals surface area contributed by atoms with Gasteiger partial charge >= 0.3 is 0 Å². The summed E-state index contributed by atoms with van der Waals surface area (Å²) in [6, 6.07) is 4.31. The van der Waals surface area contributed by atoms with Crippen molar-refractivity contribution < 1.29 is 0 Å². The number of aryl methyl sites for hydroxylation is 2. The highest BCUT2D eigenvalue weighted by molar-refractivity contribution is 9.10. The van der Waals surface area contributed by atoms with E-state index < -0.39 is 0 Å². The number of hydrogen-bond donors (Lipinski definition) is 1. The van der Waals surface area contributed by atoms with Gasteiger partial charge in [-0.25, -0.2) is 0 Å². The van der Waals surface area contributed by atoms with Gasteiger partial charge in [-0.3, -0.25) is 4.98 Å². The van der Waals surface area contributed by atoms with Crippen LogP contribution in [0.1, 0.15) is 30.7 Å². The van der Waals surface area contributed by atoms with Crippen molar-refractivity contribution >= 4 is 32.5 Å². The van der Waals surface area contributed by atoms with Gasteiger partial charge in [-0.2, -0.15) is 0 Å². The minimum absolute atomic E-state index is 0.928. The van der Waals surface area contributed by atoms with E-state index in [1.54, 1.807) is 0 Å². The molecule has 0 bridgehead atoms. The van der Waals surface area contributed by atoms with E-state index in [4.69, 9.17) is 4.98 Å². The lowest BCUT2D eigenvalue weighted by atomic mass is 10.0. The van der Waals surface area contributed by atoms with Gasteiger partial charge in [0.15, 0.2) is 0 Å². The van der Waals surface area contributed by atoms with Gasteiger partial charge < -0.3 is 5.32 Å². The van der Waals surface area contributed by atoms with Crippen molar-refractivity contribution in [2.75, 3.05) is 11.9 Å². The molecule has 18 heavy (non-hydrogen) atoms. The summed E-state index contributed by atoms with van der Waals surface area (Å²) in [6.07, 6.45) is 1.00. The average Bonchev–Trinajstić information content (AvgIpc) is 2.35. The normalized spacial score (nSPS) is 10.9. The Morgan fingerprint density at radius 2 is 1.94 bits per heavy atom. The Labute approximate surface area is 117 Å². The van der Waals surface area contributed by atoms with E-state index in [1.165, 1.54) is 22.2 Å². The van der Waals surface area contributed by atoms with Gasteiger partial charge in [0.2, 0.25) is 0 Å². The van der Waals surface area contributed by atoms with E-state index in [0.717, 1.165) is 28.6 Å². The summed E-state index contributed by atoms with van der Waals surface area (Å²) in [4.78, 5) is 4.76. The Kier molecular flexibility index (Phi) is 3.91. The third-order valence-corrected chi connectivity index (χ3v) is 4.30. The molecule has 2 aromatic rings. The Morgan fingerprint density at radius 3 is 2.56 bits per heavy atom. The number of nitrogens with one attached hydrogen (secondary N) is 1. The number of aromatic nitrogens is 1. The maximum atomic E-state index is 4.76.